The number of ether oxygens (including phenoxy) is 1. The highest BCUT2D eigenvalue weighted by Gasteiger charge is 2.28. The second kappa shape index (κ2) is 7.22. The molecule has 3 aromatic carbocycles. The fourth-order valence-electron chi connectivity index (χ4n) is 3.24. The Morgan fingerprint density at radius 1 is 0.840 bits per heavy atom. The lowest BCUT2D eigenvalue weighted by molar-refractivity contribution is 0.201. The number of hydrogen-bond donors (Lipinski definition) is 0. The minimum absolute atomic E-state index is 0.155. The summed E-state index contributed by atoms with van der Waals surface area (Å²) >= 11 is 7.10. The summed E-state index contributed by atoms with van der Waals surface area (Å²) in [6, 6.07) is 24.9. The Morgan fingerprint density at radius 3 is 2.44 bits per heavy atom. The van der Waals surface area contributed by atoms with Gasteiger partial charge in [0.25, 0.3) is 0 Å². The van der Waals surface area contributed by atoms with Crippen molar-refractivity contribution in [3.8, 4) is 5.75 Å². The summed E-state index contributed by atoms with van der Waals surface area (Å²) < 4.78 is 8.58. The highest BCUT2D eigenvalue weighted by atomic mass is 79.9. The van der Waals surface area contributed by atoms with Crippen molar-refractivity contribution in [1.82, 2.24) is 0 Å². The fourth-order valence-corrected chi connectivity index (χ4v) is 4.02. The van der Waals surface area contributed by atoms with Crippen molar-refractivity contribution in [3.05, 3.63) is 92.9 Å². The Balaban J connectivity index is 1.72. The van der Waals surface area contributed by atoms with Gasteiger partial charge in [0.2, 0.25) is 0 Å². The van der Waals surface area contributed by atoms with Crippen LogP contribution in [0.4, 0.5) is 5.69 Å². The fraction of sp³-hybridized carbons (Fsp3) is 0.143. The summed E-state index contributed by atoms with van der Waals surface area (Å²) in [4.78, 5) is 2.35. The molecule has 0 radical (unpaired) electrons. The molecule has 1 heterocycles. The number of hydrogen-bond acceptors (Lipinski definition) is 2. The van der Waals surface area contributed by atoms with Crippen LogP contribution in [0.3, 0.4) is 0 Å². The monoisotopic (exact) mass is 457 g/mol. The van der Waals surface area contributed by atoms with Crippen molar-refractivity contribution < 1.29 is 4.74 Å². The molecule has 0 saturated heterocycles. The minimum atomic E-state index is -0.155. The van der Waals surface area contributed by atoms with Gasteiger partial charge >= 0.3 is 0 Å². The standard InChI is InChI=1S/C21H17Br2NO/c22-17-7-4-8-19(14-17)25-21(15-5-2-1-3-6-15)24-12-11-16-13-18(23)9-10-20(16)24/h1-10,13-14,21H,11-12H2. The molecule has 1 aliphatic rings. The highest BCUT2D eigenvalue weighted by Crippen LogP contribution is 2.38. The molecule has 4 rings (SSSR count). The van der Waals surface area contributed by atoms with Gasteiger partial charge in [0.15, 0.2) is 6.23 Å². The van der Waals surface area contributed by atoms with E-state index in [9.17, 15) is 0 Å². The average Bonchev–Trinajstić information content (AvgIpc) is 3.03. The van der Waals surface area contributed by atoms with Crippen molar-refractivity contribution in [1.29, 1.82) is 0 Å². The molecule has 1 aliphatic heterocycles. The van der Waals surface area contributed by atoms with E-state index in [1.807, 2.05) is 30.3 Å². The van der Waals surface area contributed by atoms with Gasteiger partial charge in [0.05, 0.1) is 0 Å². The number of anilines is 1. The quantitative estimate of drug-likeness (QED) is 0.451. The first-order valence-electron chi connectivity index (χ1n) is 8.23. The Labute approximate surface area is 164 Å². The van der Waals surface area contributed by atoms with E-state index in [0.29, 0.717) is 0 Å². The summed E-state index contributed by atoms with van der Waals surface area (Å²) in [6.07, 6.45) is 0.873. The molecule has 126 valence electrons. The Bertz CT molecular complexity index is 882. The molecule has 0 bridgehead atoms. The molecule has 0 spiro atoms. The van der Waals surface area contributed by atoms with E-state index in [1.54, 1.807) is 0 Å². The van der Waals surface area contributed by atoms with Crippen LogP contribution in [0.2, 0.25) is 0 Å². The largest absolute Gasteiger partial charge is 0.466 e. The molecule has 0 amide bonds. The third-order valence-corrected chi connectivity index (χ3v) is 5.37. The molecule has 4 heteroatoms. The first-order chi connectivity index (χ1) is 12.2. The van der Waals surface area contributed by atoms with E-state index in [2.05, 4.69) is 79.2 Å². The van der Waals surface area contributed by atoms with Crippen molar-refractivity contribution >= 4 is 37.5 Å². The topological polar surface area (TPSA) is 12.5 Å². The van der Waals surface area contributed by atoms with Gasteiger partial charge < -0.3 is 9.64 Å². The van der Waals surface area contributed by atoms with E-state index in [0.717, 1.165) is 33.2 Å². The number of fused-ring (bicyclic) bond motifs is 1. The first kappa shape index (κ1) is 16.7. The minimum Gasteiger partial charge on any atom is -0.466 e. The summed E-state index contributed by atoms with van der Waals surface area (Å²) in [5, 5.41) is 0. The maximum atomic E-state index is 6.44. The first-order valence-corrected chi connectivity index (χ1v) is 9.81. The van der Waals surface area contributed by atoms with Crippen LogP contribution in [0.15, 0.2) is 81.7 Å². The molecule has 25 heavy (non-hydrogen) atoms. The van der Waals surface area contributed by atoms with Crippen LogP contribution in [-0.2, 0) is 6.42 Å². The third-order valence-electron chi connectivity index (χ3n) is 4.38. The summed E-state index contributed by atoms with van der Waals surface area (Å²) in [6.45, 7) is 0.944. The van der Waals surface area contributed by atoms with Gasteiger partial charge in [0.1, 0.15) is 5.75 Å². The van der Waals surface area contributed by atoms with E-state index in [-0.39, 0.29) is 6.23 Å². The molecule has 3 aromatic rings. The zero-order valence-corrected chi connectivity index (χ0v) is 16.7. The van der Waals surface area contributed by atoms with Gasteiger partial charge in [-0.15, -0.1) is 0 Å². The second-order valence-electron chi connectivity index (χ2n) is 6.05. The van der Waals surface area contributed by atoms with Crippen LogP contribution < -0.4 is 9.64 Å². The van der Waals surface area contributed by atoms with Crippen LogP contribution >= 0.6 is 31.9 Å². The molecule has 1 unspecified atom stereocenters. The molecular formula is C21H17Br2NO. The maximum Gasteiger partial charge on any atom is 0.198 e. The maximum absolute atomic E-state index is 6.44. The summed E-state index contributed by atoms with van der Waals surface area (Å²) in [5.74, 6) is 0.855. The highest BCUT2D eigenvalue weighted by molar-refractivity contribution is 9.10. The van der Waals surface area contributed by atoms with Crippen molar-refractivity contribution in [2.75, 3.05) is 11.4 Å². The van der Waals surface area contributed by atoms with Gasteiger partial charge in [-0.25, -0.2) is 0 Å². The van der Waals surface area contributed by atoms with Gasteiger partial charge in [-0.05, 0) is 48.4 Å². The molecule has 0 N–H and O–H groups in total. The molecule has 0 aliphatic carbocycles. The Hall–Kier alpha value is -1.78. The van der Waals surface area contributed by atoms with E-state index >= 15 is 0 Å². The molecule has 0 aromatic heterocycles. The smallest absolute Gasteiger partial charge is 0.198 e. The number of rotatable bonds is 4. The van der Waals surface area contributed by atoms with E-state index in [1.165, 1.54) is 11.3 Å². The predicted octanol–water partition coefficient (Wildman–Crippen LogP) is 6.35. The lowest BCUT2D eigenvalue weighted by atomic mass is 10.1. The zero-order valence-electron chi connectivity index (χ0n) is 13.5. The van der Waals surface area contributed by atoms with Crippen LogP contribution in [0.1, 0.15) is 17.4 Å². The average molecular weight is 459 g/mol. The zero-order chi connectivity index (χ0) is 17.2. The second-order valence-corrected chi connectivity index (χ2v) is 7.89. The number of nitrogens with zero attached hydrogens (tertiary/aromatic N) is 1. The van der Waals surface area contributed by atoms with Gasteiger partial charge in [-0.2, -0.15) is 0 Å². The molecule has 0 saturated carbocycles. The lowest BCUT2D eigenvalue weighted by Crippen LogP contribution is -2.31. The van der Waals surface area contributed by atoms with E-state index < -0.39 is 0 Å². The number of benzene rings is 3. The SMILES string of the molecule is Brc1cccc(OC(c2ccccc2)N2CCc3cc(Br)ccc32)c1. The Kier molecular flexibility index (Phi) is 4.82. The van der Waals surface area contributed by atoms with Crippen LogP contribution in [0.5, 0.6) is 5.75 Å². The molecular weight excluding hydrogens is 442 g/mol. The van der Waals surface area contributed by atoms with Crippen LogP contribution in [0, 0.1) is 0 Å². The van der Waals surface area contributed by atoms with Crippen molar-refractivity contribution in [2.24, 2.45) is 0 Å². The van der Waals surface area contributed by atoms with Crippen LogP contribution in [0.25, 0.3) is 0 Å². The van der Waals surface area contributed by atoms with Gasteiger partial charge in [0, 0.05) is 26.7 Å². The van der Waals surface area contributed by atoms with Crippen molar-refractivity contribution in [2.45, 2.75) is 12.6 Å². The van der Waals surface area contributed by atoms with Gasteiger partial charge in [-0.3, -0.25) is 0 Å². The van der Waals surface area contributed by atoms with Crippen molar-refractivity contribution in [3.63, 3.8) is 0 Å². The molecule has 2 nitrogen and oxygen atoms in total. The summed E-state index contributed by atoms with van der Waals surface area (Å²) in [7, 11) is 0. The number of halogens is 2. The molecule has 1 atom stereocenters. The molecule has 0 fully saturated rings. The third kappa shape index (κ3) is 3.60. The lowest BCUT2D eigenvalue weighted by Gasteiger charge is -2.31. The van der Waals surface area contributed by atoms with Crippen LogP contribution in [-0.4, -0.2) is 6.54 Å². The summed E-state index contributed by atoms with van der Waals surface area (Å²) in [5.41, 5.74) is 3.75. The predicted molar refractivity (Wildman–Crippen MR) is 109 cm³/mol. The van der Waals surface area contributed by atoms with Gasteiger partial charge in [-0.1, -0.05) is 68.3 Å². The Morgan fingerprint density at radius 2 is 1.64 bits per heavy atom. The normalized spacial score (nSPS) is 14.2. The van der Waals surface area contributed by atoms with E-state index in [4.69, 9.17) is 4.74 Å².